The molecule has 1 atom stereocenters. The molecule has 5 heteroatoms. The SMILES string of the molecule is NC(=O)C(NC1CCCC1)c1c(F)cccc1F. The molecule has 1 amide bonds. The fraction of sp³-hybridized carbons (Fsp3) is 0.462. The molecule has 1 aromatic carbocycles. The van der Waals surface area contributed by atoms with Crippen LogP contribution in [0, 0.1) is 11.6 Å². The number of nitrogens with one attached hydrogen (secondary N) is 1. The standard InChI is InChI=1S/C13H16F2N2O/c14-9-6-3-7-10(15)11(9)12(13(16)18)17-8-4-1-2-5-8/h3,6-8,12,17H,1-2,4-5H2,(H2,16,18). The highest BCUT2D eigenvalue weighted by molar-refractivity contribution is 5.81. The minimum absolute atomic E-state index is 0.0986. The molecule has 0 spiro atoms. The monoisotopic (exact) mass is 254 g/mol. The Morgan fingerprint density at radius 2 is 1.83 bits per heavy atom. The quantitative estimate of drug-likeness (QED) is 0.863. The Kier molecular flexibility index (Phi) is 3.91. The van der Waals surface area contributed by atoms with Crippen LogP contribution in [0.4, 0.5) is 8.78 Å². The van der Waals surface area contributed by atoms with E-state index in [1.807, 2.05) is 0 Å². The van der Waals surface area contributed by atoms with Gasteiger partial charge in [0.2, 0.25) is 5.91 Å². The molecule has 0 saturated heterocycles. The molecular weight excluding hydrogens is 238 g/mol. The molecular formula is C13H16F2N2O. The number of rotatable bonds is 4. The number of carbonyl (C=O) groups is 1. The summed E-state index contributed by atoms with van der Waals surface area (Å²) in [5, 5.41) is 2.96. The summed E-state index contributed by atoms with van der Waals surface area (Å²) in [5.41, 5.74) is 4.97. The fourth-order valence-electron chi connectivity index (χ4n) is 2.42. The Balaban J connectivity index is 2.26. The van der Waals surface area contributed by atoms with Crippen molar-refractivity contribution in [3.8, 4) is 0 Å². The number of nitrogens with two attached hydrogens (primary N) is 1. The second-order valence-corrected chi connectivity index (χ2v) is 4.62. The van der Waals surface area contributed by atoms with Crippen molar-refractivity contribution >= 4 is 5.91 Å². The van der Waals surface area contributed by atoms with Crippen LogP contribution < -0.4 is 11.1 Å². The van der Waals surface area contributed by atoms with Crippen LogP contribution in [-0.2, 0) is 4.79 Å². The predicted octanol–water partition coefficient (Wildman–Crippen LogP) is 2.02. The topological polar surface area (TPSA) is 55.1 Å². The van der Waals surface area contributed by atoms with Gasteiger partial charge in [-0.05, 0) is 25.0 Å². The van der Waals surface area contributed by atoms with Gasteiger partial charge in [-0.3, -0.25) is 10.1 Å². The van der Waals surface area contributed by atoms with E-state index in [2.05, 4.69) is 5.32 Å². The molecule has 1 unspecified atom stereocenters. The molecule has 0 aromatic heterocycles. The van der Waals surface area contributed by atoms with E-state index in [-0.39, 0.29) is 11.6 Å². The van der Waals surface area contributed by atoms with Gasteiger partial charge in [-0.15, -0.1) is 0 Å². The summed E-state index contributed by atoms with van der Waals surface area (Å²) < 4.78 is 27.3. The third kappa shape index (κ3) is 2.67. The summed E-state index contributed by atoms with van der Waals surface area (Å²) in [5.74, 6) is -2.25. The van der Waals surface area contributed by atoms with Crippen molar-refractivity contribution in [3.63, 3.8) is 0 Å². The lowest BCUT2D eigenvalue weighted by Gasteiger charge is -2.21. The van der Waals surface area contributed by atoms with E-state index in [4.69, 9.17) is 5.73 Å². The first-order valence-electron chi connectivity index (χ1n) is 6.09. The Hall–Kier alpha value is -1.49. The summed E-state index contributed by atoms with van der Waals surface area (Å²) in [6, 6.07) is 2.52. The van der Waals surface area contributed by atoms with Crippen molar-refractivity contribution in [2.75, 3.05) is 0 Å². The number of benzene rings is 1. The van der Waals surface area contributed by atoms with Crippen molar-refractivity contribution in [1.82, 2.24) is 5.32 Å². The van der Waals surface area contributed by atoms with Crippen molar-refractivity contribution in [1.29, 1.82) is 0 Å². The lowest BCUT2D eigenvalue weighted by atomic mass is 10.0. The molecule has 18 heavy (non-hydrogen) atoms. The van der Waals surface area contributed by atoms with Crippen molar-refractivity contribution < 1.29 is 13.6 Å². The summed E-state index contributed by atoms with van der Waals surface area (Å²) in [7, 11) is 0. The van der Waals surface area contributed by atoms with Crippen LogP contribution >= 0.6 is 0 Å². The largest absolute Gasteiger partial charge is 0.368 e. The van der Waals surface area contributed by atoms with Gasteiger partial charge in [-0.25, -0.2) is 8.78 Å². The molecule has 1 aromatic rings. The molecule has 3 N–H and O–H groups in total. The van der Waals surface area contributed by atoms with Gasteiger partial charge in [0.25, 0.3) is 0 Å². The summed E-state index contributed by atoms with van der Waals surface area (Å²) >= 11 is 0. The zero-order chi connectivity index (χ0) is 13.1. The molecule has 1 fully saturated rings. The van der Waals surface area contributed by atoms with E-state index in [1.165, 1.54) is 6.07 Å². The van der Waals surface area contributed by atoms with E-state index < -0.39 is 23.6 Å². The van der Waals surface area contributed by atoms with E-state index in [9.17, 15) is 13.6 Å². The lowest BCUT2D eigenvalue weighted by Crippen LogP contribution is -2.39. The normalized spacial score (nSPS) is 17.9. The van der Waals surface area contributed by atoms with Crippen LogP contribution in [0.25, 0.3) is 0 Å². The highest BCUT2D eigenvalue weighted by atomic mass is 19.1. The van der Waals surface area contributed by atoms with E-state index in [0.717, 1.165) is 37.8 Å². The predicted molar refractivity (Wildman–Crippen MR) is 63.7 cm³/mol. The Labute approximate surface area is 104 Å². The highest BCUT2D eigenvalue weighted by Crippen LogP contribution is 2.25. The summed E-state index contributed by atoms with van der Waals surface area (Å²) in [6.45, 7) is 0. The van der Waals surface area contributed by atoms with E-state index in [0.29, 0.717) is 0 Å². The number of amides is 1. The second-order valence-electron chi connectivity index (χ2n) is 4.62. The second kappa shape index (κ2) is 5.44. The molecule has 0 heterocycles. The van der Waals surface area contributed by atoms with Crippen molar-refractivity contribution in [2.45, 2.75) is 37.8 Å². The Morgan fingerprint density at radius 3 is 2.33 bits per heavy atom. The van der Waals surface area contributed by atoms with Gasteiger partial charge in [0.1, 0.15) is 17.7 Å². The van der Waals surface area contributed by atoms with Gasteiger partial charge >= 0.3 is 0 Å². The molecule has 0 bridgehead atoms. The van der Waals surface area contributed by atoms with Gasteiger partial charge in [-0.2, -0.15) is 0 Å². The van der Waals surface area contributed by atoms with Crippen LogP contribution in [0.1, 0.15) is 37.3 Å². The van der Waals surface area contributed by atoms with Gasteiger partial charge in [-0.1, -0.05) is 18.9 Å². The van der Waals surface area contributed by atoms with Gasteiger partial charge in [0, 0.05) is 11.6 Å². The molecule has 3 nitrogen and oxygen atoms in total. The zero-order valence-corrected chi connectivity index (χ0v) is 9.96. The van der Waals surface area contributed by atoms with Crippen LogP contribution in [0.5, 0.6) is 0 Å². The smallest absolute Gasteiger partial charge is 0.239 e. The maximum absolute atomic E-state index is 13.6. The maximum Gasteiger partial charge on any atom is 0.239 e. The number of carbonyl (C=O) groups excluding carboxylic acids is 1. The molecule has 1 aliphatic rings. The van der Waals surface area contributed by atoms with Crippen LogP contribution in [-0.4, -0.2) is 11.9 Å². The first-order valence-corrected chi connectivity index (χ1v) is 6.09. The van der Waals surface area contributed by atoms with Crippen LogP contribution in [0.15, 0.2) is 18.2 Å². The minimum Gasteiger partial charge on any atom is -0.368 e. The van der Waals surface area contributed by atoms with Crippen molar-refractivity contribution in [2.24, 2.45) is 5.73 Å². The first-order chi connectivity index (χ1) is 8.59. The molecule has 1 aliphatic carbocycles. The average Bonchev–Trinajstić information content (AvgIpc) is 2.80. The maximum atomic E-state index is 13.6. The number of halogens is 2. The summed E-state index contributed by atoms with van der Waals surface area (Å²) in [4.78, 5) is 11.4. The third-order valence-electron chi connectivity index (χ3n) is 3.33. The van der Waals surface area contributed by atoms with Crippen LogP contribution in [0.2, 0.25) is 0 Å². The molecule has 1 saturated carbocycles. The highest BCUT2D eigenvalue weighted by Gasteiger charge is 2.28. The molecule has 0 aliphatic heterocycles. The molecule has 0 radical (unpaired) electrons. The van der Waals surface area contributed by atoms with Crippen molar-refractivity contribution in [3.05, 3.63) is 35.4 Å². The molecule has 2 rings (SSSR count). The van der Waals surface area contributed by atoms with Gasteiger partial charge in [0.05, 0.1) is 0 Å². The van der Waals surface area contributed by atoms with E-state index in [1.54, 1.807) is 0 Å². The Morgan fingerprint density at radius 1 is 1.28 bits per heavy atom. The molecule has 98 valence electrons. The zero-order valence-electron chi connectivity index (χ0n) is 9.96. The summed E-state index contributed by atoms with van der Waals surface area (Å²) in [6.07, 6.45) is 3.92. The lowest BCUT2D eigenvalue weighted by molar-refractivity contribution is -0.120. The minimum atomic E-state index is -1.10. The number of primary amides is 1. The third-order valence-corrected chi connectivity index (χ3v) is 3.33. The number of hydrogen-bond donors (Lipinski definition) is 2. The van der Waals surface area contributed by atoms with E-state index >= 15 is 0 Å². The fourth-order valence-corrected chi connectivity index (χ4v) is 2.42. The average molecular weight is 254 g/mol. The van der Waals surface area contributed by atoms with Crippen LogP contribution in [0.3, 0.4) is 0 Å². The van der Waals surface area contributed by atoms with Gasteiger partial charge in [0.15, 0.2) is 0 Å². The first kappa shape index (κ1) is 13.0. The number of hydrogen-bond acceptors (Lipinski definition) is 2. The van der Waals surface area contributed by atoms with Gasteiger partial charge < -0.3 is 5.73 Å². The Bertz CT molecular complexity index is 424.